The van der Waals surface area contributed by atoms with Gasteiger partial charge < -0.3 is 10.4 Å². The molecule has 8 heavy (non-hydrogen) atoms. The van der Waals surface area contributed by atoms with Crippen molar-refractivity contribution in [3.05, 3.63) is 5.70 Å². The maximum absolute atomic E-state index is 9.83. The smallest absolute Gasteiger partial charge is 0.148 e. The van der Waals surface area contributed by atoms with E-state index < -0.39 is 6.10 Å². The standard InChI is InChI=1S/C5H7NO2/c7-3-4-5(8)1-2-6-4/h5-6,8H,1-2H2. The van der Waals surface area contributed by atoms with Gasteiger partial charge in [-0.2, -0.15) is 0 Å². The number of hydrogen-bond acceptors (Lipinski definition) is 3. The molecule has 0 bridgehead atoms. The molecule has 0 aliphatic carbocycles. The van der Waals surface area contributed by atoms with Gasteiger partial charge in [-0.15, -0.1) is 0 Å². The average molecular weight is 113 g/mol. The SMILES string of the molecule is O=C=C1NCCC1O. The Bertz CT molecular complexity index is 137. The molecule has 2 N–H and O–H groups in total. The van der Waals surface area contributed by atoms with Crippen LogP contribution in [0.2, 0.25) is 0 Å². The highest BCUT2D eigenvalue weighted by molar-refractivity contribution is 5.53. The van der Waals surface area contributed by atoms with E-state index in [1.807, 2.05) is 0 Å². The summed E-state index contributed by atoms with van der Waals surface area (Å²) in [5.41, 5.74) is 0.296. The summed E-state index contributed by atoms with van der Waals surface area (Å²) in [5.74, 6) is 1.62. The van der Waals surface area contributed by atoms with Crippen molar-refractivity contribution in [1.29, 1.82) is 0 Å². The molecule has 0 saturated carbocycles. The van der Waals surface area contributed by atoms with Crippen LogP contribution in [0.1, 0.15) is 6.42 Å². The monoisotopic (exact) mass is 113 g/mol. The highest BCUT2D eigenvalue weighted by atomic mass is 16.3. The van der Waals surface area contributed by atoms with E-state index in [1.165, 1.54) is 0 Å². The van der Waals surface area contributed by atoms with Crippen LogP contribution >= 0.6 is 0 Å². The Morgan fingerprint density at radius 3 is 2.88 bits per heavy atom. The fraction of sp³-hybridized carbons (Fsp3) is 0.600. The van der Waals surface area contributed by atoms with Gasteiger partial charge in [0.1, 0.15) is 17.7 Å². The lowest BCUT2D eigenvalue weighted by molar-refractivity contribution is 0.220. The molecule has 1 atom stereocenters. The zero-order valence-electron chi connectivity index (χ0n) is 4.35. The number of rotatable bonds is 0. The largest absolute Gasteiger partial charge is 0.386 e. The van der Waals surface area contributed by atoms with E-state index in [1.54, 1.807) is 5.94 Å². The second-order valence-electron chi connectivity index (χ2n) is 1.75. The highest BCUT2D eigenvalue weighted by Gasteiger charge is 2.17. The van der Waals surface area contributed by atoms with Crippen LogP contribution in [0, 0.1) is 0 Å². The maximum Gasteiger partial charge on any atom is 0.148 e. The van der Waals surface area contributed by atoms with Gasteiger partial charge in [-0.3, -0.25) is 0 Å². The zero-order chi connectivity index (χ0) is 5.98. The summed E-state index contributed by atoms with van der Waals surface area (Å²) in [5, 5.41) is 11.5. The molecule has 0 aromatic carbocycles. The van der Waals surface area contributed by atoms with Crippen LogP contribution in [-0.2, 0) is 4.79 Å². The van der Waals surface area contributed by atoms with Gasteiger partial charge in [-0.25, -0.2) is 4.79 Å². The maximum atomic E-state index is 9.83. The molecule has 1 fully saturated rings. The summed E-state index contributed by atoms with van der Waals surface area (Å²) in [6.45, 7) is 0.686. The summed E-state index contributed by atoms with van der Waals surface area (Å²) in [7, 11) is 0. The Morgan fingerprint density at radius 2 is 2.62 bits per heavy atom. The first kappa shape index (κ1) is 5.35. The van der Waals surface area contributed by atoms with E-state index in [0.29, 0.717) is 18.7 Å². The predicted molar refractivity (Wildman–Crippen MR) is 27.8 cm³/mol. The van der Waals surface area contributed by atoms with Gasteiger partial charge in [-0.05, 0) is 6.42 Å². The average Bonchev–Trinajstić information content (AvgIpc) is 2.14. The molecule has 3 heteroatoms. The molecule has 1 aliphatic heterocycles. The number of nitrogens with one attached hydrogen (secondary N) is 1. The number of aliphatic hydroxyl groups excluding tert-OH is 1. The van der Waals surface area contributed by atoms with Crippen molar-refractivity contribution in [2.75, 3.05) is 6.54 Å². The molecule has 1 rings (SSSR count). The summed E-state index contributed by atoms with van der Waals surface area (Å²) < 4.78 is 0. The van der Waals surface area contributed by atoms with E-state index >= 15 is 0 Å². The third-order valence-electron chi connectivity index (χ3n) is 1.18. The molecule has 0 aromatic heterocycles. The molecule has 0 aromatic rings. The number of hydrogen-bond donors (Lipinski definition) is 2. The van der Waals surface area contributed by atoms with Gasteiger partial charge in [0.2, 0.25) is 0 Å². The van der Waals surface area contributed by atoms with Gasteiger partial charge >= 0.3 is 0 Å². The van der Waals surface area contributed by atoms with E-state index in [-0.39, 0.29) is 0 Å². The second kappa shape index (κ2) is 1.99. The normalized spacial score (nSPS) is 27.1. The first-order valence-corrected chi connectivity index (χ1v) is 2.51. The number of aliphatic hydroxyl groups is 1. The van der Waals surface area contributed by atoms with Crippen LogP contribution in [0.5, 0.6) is 0 Å². The van der Waals surface area contributed by atoms with Crippen LogP contribution in [-0.4, -0.2) is 23.7 Å². The summed E-state index contributed by atoms with van der Waals surface area (Å²) in [4.78, 5) is 9.83. The lowest BCUT2D eigenvalue weighted by Crippen LogP contribution is -2.10. The number of carbonyl (C=O) groups excluding carboxylic acids is 1. The van der Waals surface area contributed by atoms with Crippen molar-refractivity contribution in [1.82, 2.24) is 5.32 Å². The summed E-state index contributed by atoms with van der Waals surface area (Å²) >= 11 is 0. The molecule has 1 aliphatic rings. The molecule has 44 valence electrons. The minimum Gasteiger partial charge on any atom is -0.386 e. The van der Waals surface area contributed by atoms with Crippen molar-refractivity contribution < 1.29 is 9.90 Å². The van der Waals surface area contributed by atoms with E-state index in [9.17, 15) is 4.79 Å². The first-order valence-electron chi connectivity index (χ1n) is 2.51. The molecule has 1 unspecified atom stereocenters. The van der Waals surface area contributed by atoms with Crippen molar-refractivity contribution in [3.8, 4) is 0 Å². The minimum absolute atomic E-state index is 0.296. The lowest BCUT2D eigenvalue weighted by Gasteiger charge is -1.94. The van der Waals surface area contributed by atoms with Crippen LogP contribution in [0.4, 0.5) is 0 Å². The zero-order valence-corrected chi connectivity index (χ0v) is 4.35. The third-order valence-corrected chi connectivity index (χ3v) is 1.18. The Balaban J connectivity index is 2.68. The molecule has 0 radical (unpaired) electrons. The molecular formula is C5H7NO2. The minimum atomic E-state index is -0.590. The Morgan fingerprint density at radius 1 is 1.88 bits per heavy atom. The Kier molecular flexibility index (Phi) is 1.33. The van der Waals surface area contributed by atoms with Crippen molar-refractivity contribution in [2.24, 2.45) is 0 Å². The molecule has 0 amide bonds. The summed E-state index contributed by atoms with van der Waals surface area (Å²) in [6, 6.07) is 0. The fourth-order valence-electron chi connectivity index (χ4n) is 0.710. The van der Waals surface area contributed by atoms with Crippen molar-refractivity contribution >= 4 is 5.94 Å². The van der Waals surface area contributed by atoms with Gasteiger partial charge in [0.15, 0.2) is 0 Å². The summed E-state index contributed by atoms with van der Waals surface area (Å²) in [6.07, 6.45) is 0.0393. The Hall–Kier alpha value is -0.790. The van der Waals surface area contributed by atoms with E-state index in [0.717, 1.165) is 0 Å². The first-order chi connectivity index (χ1) is 3.84. The fourth-order valence-corrected chi connectivity index (χ4v) is 0.710. The van der Waals surface area contributed by atoms with E-state index in [4.69, 9.17) is 5.11 Å². The predicted octanol–water partition coefficient (Wildman–Crippen LogP) is -0.944. The van der Waals surface area contributed by atoms with Crippen LogP contribution in [0.3, 0.4) is 0 Å². The van der Waals surface area contributed by atoms with Gasteiger partial charge in [0, 0.05) is 6.54 Å². The highest BCUT2D eigenvalue weighted by Crippen LogP contribution is 2.05. The molecule has 0 spiro atoms. The van der Waals surface area contributed by atoms with Crippen molar-refractivity contribution in [2.45, 2.75) is 12.5 Å². The quantitative estimate of drug-likeness (QED) is 0.398. The third kappa shape index (κ3) is 0.735. The molecule has 1 saturated heterocycles. The molecule has 3 nitrogen and oxygen atoms in total. The Labute approximate surface area is 47.0 Å². The van der Waals surface area contributed by atoms with Gasteiger partial charge in [-0.1, -0.05) is 0 Å². The van der Waals surface area contributed by atoms with Gasteiger partial charge in [0.05, 0.1) is 0 Å². The van der Waals surface area contributed by atoms with Gasteiger partial charge in [0.25, 0.3) is 0 Å². The van der Waals surface area contributed by atoms with E-state index in [2.05, 4.69) is 5.32 Å². The topological polar surface area (TPSA) is 49.3 Å². The second-order valence-corrected chi connectivity index (χ2v) is 1.75. The molecular weight excluding hydrogens is 106 g/mol. The lowest BCUT2D eigenvalue weighted by atomic mass is 10.3. The van der Waals surface area contributed by atoms with Crippen LogP contribution in [0.25, 0.3) is 0 Å². The molecule has 1 heterocycles. The van der Waals surface area contributed by atoms with Crippen LogP contribution < -0.4 is 5.32 Å². The van der Waals surface area contributed by atoms with Crippen LogP contribution in [0.15, 0.2) is 5.70 Å². The van der Waals surface area contributed by atoms with Crippen molar-refractivity contribution in [3.63, 3.8) is 0 Å².